The van der Waals surface area contributed by atoms with Crippen LogP contribution >= 0.6 is 11.5 Å². The normalized spacial score (nSPS) is 10.1. The van der Waals surface area contributed by atoms with Crippen LogP contribution < -0.4 is 5.32 Å². The summed E-state index contributed by atoms with van der Waals surface area (Å²) in [6.45, 7) is 4.31. The molecule has 2 heterocycles. The lowest BCUT2D eigenvalue weighted by atomic mass is 10.3. The second kappa shape index (κ2) is 4.37. The van der Waals surface area contributed by atoms with Crippen molar-refractivity contribution in [3.63, 3.8) is 0 Å². The zero-order valence-electron chi connectivity index (χ0n) is 9.07. The first-order valence-electron chi connectivity index (χ1n) is 4.86. The largest absolute Gasteiger partial charge is 0.465 e. The number of anilines is 1. The fourth-order valence-corrected chi connectivity index (χ4v) is 2.11. The predicted molar refractivity (Wildman–Crippen MR) is 62.3 cm³/mol. The molecule has 0 aliphatic heterocycles. The first-order valence-corrected chi connectivity index (χ1v) is 5.63. The minimum absolute atomic E-state index is 0.574. The number of aromatic nitrogens is 1. The molecule has 0 bridgehead atoms. The minimum Gasteiger partial charge on any atom is -0.465 e. The Morgan fingerprint density at radius 3 is 2.94 bits per heavy atom. The van der Waals surface area contributed by atoms with Crippen LogP contribution in [0.5, 0.6) is 0 Å². The number of nitrogens with zero attached hydrogens (tertiary/aromatic N) is 2. The van der Waals surface area contributed by atoms with E-state index in [0.29, 0.717) is 12.1 Å². The van der Waals surface area contributed by atoms with Gasteiger partial charge in [-0.05, 0) is 37.5 Å². The van der Waals surface area contributed by atoms with Gasteiger partial charge in [-0.3, -0.25) is 0 Å². The van der Waals surface area contributed by atoms with Gasteiger partial charge in [-0.1, -0.05) is 0 Å². The number of rotatable bonds is 3. The van der Waals surface area contributed by atoms with Crippen molar-refractivity contribution in [2.24, 2.45) is 0 Å². The number of nitrogens with one attached hydrogen (secondary N) is 1. The highest BCUT2D eigenvalue weighted by molar-refractivity contribution is 7.10. The van der Waals surface area contributed by atoms with Gasteiger partial charge in [0.1, 0.15) is 28.2 Å². The van der Waals surface area contributed by atoms with Crippen LogP contribution in [0.2, 0.25) is 0 Å². The zero-order valence-corrected chi connectivity index (χ0v) is 9.89. The van der Waals surface area contributed by atoms with Gasteiger partial charge in [0.05, 0.1) is 12.2 Å². The summed E-state index contributed by atoms with van der Waals surface area (Å²) in [5, 5.41) is 12.9. The molecule has 2 rings (SSSR count). The van der Waals surface area contributed by atoms with Gasteiger partial charge in [-0.15, -0.1) is 0 Å². The van der Waals surface area contributed by atoms with Gasteiger partial charge >= 0.3 is 0 Å². The Hall–Kier alpha value is -1.80. The topological polar surface area (TPSA) is 61.9 Å². The standard InChI is InChI=1S/C11H11N3OS/c1-7-3-4-9(15-7)6-13-11-10(5-12)8(2)14-16-11/h3-4,13H,6H2,1-2H3. The lowest BCUT2D eigenvalue weighted by Crippen LogP contribution is -1.97. The average molecular weight is 233 g/mol. The van der Waals surface area contributed by atoms with Crippen molar-refractivity contribution in [2.75, 3.05) is 5.32 Å². The van der Waals surface area contributed by atoms with E-state index in [1.807, 2.05) is 26.0 Å². The van der Waals surface area contributed by atoms with E-state index in [-0.39, 0.29) is 0 Å². The van der Waals surface area contributed by atoms with Crippen LogP contribution in [-0.4, -0.2) is 4.37 Å². The molecule has 0 amide bonds. The van der Waals surface area contributed by atoms with Crippen LogP contribution in [0.15, 0.2) is 16.5 Å². The third-order valence-electron chi connectivity index (χ3n) is 2.19. The molecule has 0 saturated carbocycles. The van der Waals surface area contributed by atoms with Crippen molar-refractivity contribution in [3.8, 4) is 6.07 Å². The fraction of sp³-hybridized carbons (Fsp3) is 0.273. The number of hydrogen-bond donors (Lipinski definition) is 1. The highest BCUT2D eigenvalue weighted by atomic mass is 32.1. The van der Waals surface area contributed by atoms with E-state index in [4.69, 9.17) is 9.68 Å². The van der Waals surface area contributed by atoms with Gasteiger partial charge in [0, 0.05) is 0 Å². The second-order valence-electron chi connectivity index (χ2n) is 3.45. The Bertz CT molecular complexity index is 536. The van der Waals surface area contributed by atoms with Crippen LogP contribution in [0, 0.1) is 25.2 Å². The van der Waals surface area contributed by atoms with E-state index < -0.39 is 0 Å². The molecule has 0 spiro atoms. The fourth-order valence-electron chi connectivity index (χ4n) is 1.37. The molecule has 0 unspecified atom stereocenters. The number of nitriles is 1. The van der Waals surface area contributed by atoms with E-state index in [0.717, 1.165) is 22.2 Å². The van der Waals surface area contributed by atoms with Crippen LogP contribution in [-0.2, 0) is 6.54 Å². The van der Waals surface area contributed by atoms with Crippen molar-refractivity contribution in [1.29, 1.82) is 5.26 Å². The Balaban J connectivity index is 2.08. The molecule has 0 aromatic carbocycles. The monoisotopic (exact) mass is 233 g/mol. The molecule has 5 heteroatoms. The van der Waals surface area contributed by atoms with Crippen molar-refractivity contribution >= 4 is 16.5 Å². The van der Waals surface area contributed by atoms with E-state index in [2.05, 4.69) is 15.8 Å². The predicted octanol–water partition coefficient (Wildman–Crippen LogP) is 2.84. The lowest BCUT2D eigenvalue weighted by Gasteiger charge is -2.00. The van der Waals surface area contributed by atoms with Crippen molar-refractivity contribution in [3.05, 3.63) is 34.9 Å². The molecule has 2 aromatic rings. The summed E-state index contributed by atoms with van der Waals surface area (Å²) in [5.74, 6) is 1.74. The maximum Gasteiger partial charge on any atom is 0.128 e. The van der Waals surface area contributed by atoms with Gasteiger partial charge in [-0.2, -0.15) is 9.64 Å². The van der Waals surface area contributed by atoms with E-state index in [1.54, 1.807) is 0 Å². The number of hydrogen-bond acceptors (Lipinski definition) is 5. The molecular formula is C11H11N3OS. The average Bonchev–Trinajstić information content (AvgIpc) is 2.82. The van der Waals surface area contributed by atoms with Crippen molar-refractivity contribution in [2.45, 2.75) is 20.4 Å². The lowest BCUT2D eigenvalue weighted by molar-refractivity contribution is 0.490. The third-order valence-corrected chi connectivity index (χ3v) is 3.09. The molecule has 1 N–H and O–H groups in total. The highest BCUT2D eigenvalue weighted by Crippen LogP contribution is 2.24. The molecule has 16 heavy (non-hydrogen) atoms. The van der Waals surface area contributed by atoms with Gasteiger partial charge in [0.15, 0.2) is 0 Å². The minimum atomic E-state index is 0.574. The summed E-state index contributed by atoms with van der Waals surface area (Å²) in [5.41, 5.74) is 1.39. The molecule has 82 valence electrons. The zero-order chi connectivity index (χ0) is 11.5. The molecule has 0 aliphatic rings. The Kier molecular flexibility index (Phi) is 2.93. The van der Waals surface area contributed by atoms with Crippen LogP contribution in [0.4, 0.5) is 5.00 Å². The Labute approximate surface area is 97.7 Å². The molecule has 4 nitrogen and oxygen atoms in total. The van der Waals surface area contributed by atoms with Crippen LogP contribution in [0.25, 0.3) is 0 Å². The molecule has 0 fully saturated rings. The van der Waals surface area contributed by atoms with Crippen molar-refractivity contribution < 1.29 is 4.42 Å². The summed E-state index contributed by atoms with van der Waals surface area (Å²) < 4.78 is 9.56. The van der Waals surface area contributed by atoms with Gasteiger partial charge < -0.3 is 9.73 Å². The molecule has 0 aliphatic carbocycles. The van der Waals surface area contributed by atoms with Crippen LogP contribution in [0.1, 0.15) is 22.8 Å². The third kappa shape index (κ3) is 2.07. The summed E-state index contributed by atoms with van der Waals surface area (Å²) in [7, 11) is 0. The van der Waals surface area contributed by atoms with Gasteiger partial charge in [-0.25, -0.2) is 0 Å². The summed E-state index contributed by atoms with van der Waals surface area (Å²) in [6, 6.07) is 5.98. The molecule has 0 atom stereocenters. The van der Waals surface area contributed by atoms with E-state index in [1.165, 1.54) is 11.5 Å². The Morgan fingerprint density at radius 2 is 2.31 bits per heavy atom. The van der Waals surface area contributed by atoms with E-state index in [9.17, 15) is 0 Å². The first kappa shape index (κ1) is 10.7. The maximum atomic E-state index is 8.94. The molecular weight excluding hydrogens is 222 g/mol. The number of aryl methyl sites for hydroxylation is 2. The second-order valence-corrected chi connectivity index (χ2v) is 4.22. The summed E-state index contributed by atoms with van der Waals surface area (Å²) >= 11 is 1.30. The molecule has 0 radical (unpaired) electrons. The first-order chi connectivity index (χ1) is 7.70. The molecule has 0 saturated heterocycles. The SMILES string of the molecule is Cc1ccc(CNc2snc(C)c2C#N)o1. The van der Waals surface area contributed by atoms with Gasteiger partial charge in [0.25, 0.3) is 0 Å². The highest BCUT2D eigenvalue weighted by Gasteiger charge is 2.09. The smallest absolute Gasteiger partial charge is 0.128 e. The summed E-state index contributed by atoms with van der Waals surface area (Å²) in [6.07, 6.45) is 0. The Morgan fingerprint density at radius 1 is 1.50 bits per heavy atom. The maximum absolute atomic E-state index is 8.94. The van der Waals surface area contributed by atoms with Gasteiger partial charge in [0.2, 0.25) is 0 Å². The van der Waals surface area contributed by atoms with Crippen molar-refractivity contribution in [1.82, 2.24) is 4.37 Å². The molecule has 2 aromatic heterocycles. The van der Waals surface area contributed by atoms with E-state index >= 15 is 0 Å². The number of furan rings is 1. The summed E-state index contributed by atoms with van der Waals surface area (Å²) in [4.78, 5) is 0. The quantitative estimate of drug-likeness (QED) is 0.885. The van der Waals surface area contributed by atoms with Crippen LogP contribution in [0.3, 0.4) is 0 Å².